The van der Waals surface area contributed by atoms with Crippen molar-refractivity contribution in [3.8, 4) is 0 Å². The minimum absolute atomic E-state index is 0.637. The zero-order valence-corrected chi connectivity index (χ0v) is 13.1. The molecule has 1 atom stereocenters. The Kier molecular flexibility index (Phi) is 3.65. The first-order valence-electron chi connectivity index (χ1n) is 7.54. The van der Waals surface area contributed by atoms with Crippen LogP contribution in [-0.4, -0.2) is 72.1 Å². The molecule has 1 aromatic rings. The molecule has 0 amide bonds. The van der Waals surface area contributed by atoms with E-state index in [9.17, 15) is 0 Å². The number of nitrogens with zero attached hydrogens (tertiary/aromatic N) is 5. The van der Waals surface area contributed by atoms with Crippen molar-refractivity contribution in [1.29, 1.82) is 0 Å². The molecule has 0 radical (unpaired) electrons. The number of aromatic nitrogens is 2. The van der Waals surface area contributed by atoms with E-state index in [1.54, 1.807) is 0 Å². The average Bonchev–Trinajstić information content (AvgIpc) is 2.42. The van der Waals surface area contributed by atoms with Crippen molar-refractivity contribution in [2.75, 3.05) is 51.2 Å². The SMILES string of the molecule is Cc1nc(C)c(C)c(N2CCN3CCN(C)C[C@H]3C2)n1. The zero-order chi connectivity index (χ0) is 14.3. The quantitative estimate of drug-likeness (QED) is 0.759. The highest BCUT2D eigenvalue weighted by Gasteiger charge is 2.32. The van der Waals surface area contributed by atoms with Crippen LogP contribution in [0.4, 0.5) is 5.82 Å². The summed E-state index contributed by atoms with van der Waals surface area (Å²) < 4.78 is 0. The van der Waals surface area contributed by atoms with E-state index < -0.39 is 0 Å². The fourth-order valence-corrected chi connectivity index (χ4v) is 3.36. The molecule has 0 aliphatic carbocycles. The van der Waals surface area contributed by atoms with Crippen molar-refractivity contribution in [3.63, 3.8) is 0 Å². The van der Waals surface area contributed by atoms with Gasteiger partial charge in [0.25, 0.3) is 0 Å². The van der Waals surface area contributed by atoms with Crippen LogP contribution >= 0.6 is 0 Å². The number of rotatable bonds is 1. The molecule has 2 saturated heterocycles. The molecule has 2 aliphatic heterocycles. The number of aryl methyl sites for hydroxylation is 2. The summed E-state index contributed by atoms with van der Waals surface area (Å²) in [7, 11) is 2.22. The zero-order valence-electron chi connectivity index (χ0n) is 13.1. The van der Waals surface area contributed by atoms with E-state index in [4.69, 9.17) is 4.98 Å². The molecule has 110 valence electrons. The maximum Gasteiger partial charge on any atom is 0.135 e. The summed E-state index contributed by atoms with van der Waals surface area (Å²) in [6, 6.07) is 0.637. The molecule has 0 spiro atoms. The van der Waals surface area contributed by atoms with E-state index in [-0.39, 0.29) is 0 Å². The highest BCUT2D eigenvalue weighted by molar-refractivity contribution is 5.49. The summed E-state index contributed by atoms with van der Waals surface area (Å²) in [5.74, 6) is 2.02. The molecule has 3 heterocycles. The van der Waals surface area contributed by atoms with Gasteiger partial charge >= 0.3 is 0 Å². The number of likely N-dealkylation sites (N-methyl/N-ethyl adjacent to an activating group) is 1. The lowest BCUT2D eigenvalue weighted by molar-refractivity contribution is 0.0804. The second-order valence-electron chi connectivity index (χ2n) is 6.20. The predicted molar refractivity (Wildman–Crippen MR) is 81.3 cm³/mol. The molecule has 0 bridgehead atoms. The monoisotopic (exact) mass is 275 g/mol. The van der Waals surface area contributed by atoms with Gasteiger partial charge in [-0.1, -0.05) is 0 Å². The third kappa shape index (κ3) is 2.52. The van der Waals surface area contributed by atoms with Crippen LogP contribution in [0.3, 0.4) is 0 Å². The molecule has 0 aromatic carbocycles. The van der Waals surface area contributed by atoms with E-state index >= 15 is 0 Å². The normalized spacial score (nSPS) is 24.8. The molecule has 1 aromatic heterocycles. The summed E-state index contributed by atoms with van der Waals surface area (Å²) in [6.45, 7) is 13.1. The minimum Gasteiger partial charge on any atom is -0.353 e. The van der Waals surface area contributed by atoms with Crippen LogP contribution in [0, 0.1) is 20.8 Å². The second-order valence-corrected chi connectivity index (χ2v) is 6.20. The van der Waals surface area contributed by atoms with Crippen LogP contribution in [0.5, 0.6) is 0 Å². The maximum absolute atomic E-state index is 4.70. The second kappa shape index (κ2) is 5.30. The molecule has 20 heavy (non-hydrogen) atoms. The van der Waals surface area contributed by atoms with Crippen molar-refractivity contribution in [2.45, 2.75) is 26.8 Å². The standard InChI is InChI=1S/C15H25N5/c1-11-12(2)16-13(3)17-15(11)20-8-7-19-6-5-18(4)9-14(19)10-20/h14H,5-10H2,1-4H3/t14-/m0/s1. The third-order valence-corrected chi connectivity index (χ3v) is 4.67. The topological polar surface area (TPSA) is 35.5 Å². The van der Waals surface area contributed by atoms with Gasteiger partial charge in [-0.05, 0) is 27.8 Å². The van der Waals surface area contributed by atoms with Crippen molar-refractivity contribution in [2.24, 2.45) is 0 Å². The van der Waals surface area contributed by atoms with Crippen molar-refractivity contribution < 1.29 is 0 Å². The summed E-state index contributed by atoms with van der Waals surface area (Å²) in [5.41, 5.74) is 2.34. The Bertz CT molecular complexity index is 501. The van der Waals surface area contributed by atoms with Gasteiger partial charge in [-0.25, -0.2) is 9.97 Å². The highest BCUT2D eigenvalue weighted by atomic mass is 15.4. The summed E-state index contributed by atoms with van der Waals surface area (Å²) in [5, 5.41) is 0. The van der Waals surface area contributed by atoms with E-state index in [1.165, 1.54) is 25.2 Å². The Balaban J connectivity index is 1.82. The molecule has 0 unspecified atom stereocenters. The maximum atomic E-state index is 4.70. The Hall–Kier alpha value is -1.20. The van der Waals surface area contributed by atoms with E-state index in [0.29, 0.717) is 6.04 Å². The number of hydrogen-bond donors (Lipinski definition) is 0. The van der Waals surface area contributed by atoms with Crippen LogP contribution in [0.15, 0.2) is 0 Å². The van der Waals surface area contributed by atoms with Gasteiger partial charge in [0, 0.05) is 56.6 Å². The first-order valence-corrected chi connectivity index (χ1v) is 7.54. The van der Waals surface area contributed by atoms with Gasteiger partial charge in [0.2, 0.25) is 0 Å². The Morgan fingerprint density at radius 1 is 0.950 bits per heavy atom. The van der Waals surface area contributed by atoms with Gasteiger partial charge in [-0.15, -0.1) is 0 Å². The first kappa shape index (κ1) is 13.8. The fraction of sp³-hybridized carbons (Fsp3) is 0.733. The number of fused-ring (bicyclic) bond motifs is 1. The molecular formula is C15H25N5. The average molecular weight is 275 g/mol. The summed E-state index contributed by atoms with van der Waals surface area (Å²) in [6.07, 6.45) is 0. The van der Waals surface area contributed by atoms with Crippen LogP contribution in [0.25, 0.3) is 0 Å². The lowest BCUT2D eigenvalue weighted by Gasteiger charge is -2.47. The molecular weight excluding hydrogens is 250 g/mol. The molecule has 2 fully saturated rings. The van der Waals surface area contributed by atoms with Gasteiger partial charge in [-0.3, -0.25) is 4.90 Å². The van der Waals surface area contributed by atoms with Gasteiger partial charge in [0.15, 0.2) is 0 Å². The van der Waals surface area contributed by atoms with Crippen molar-refractivity contribution in [1.82, 2.24) is 19.8 Å². The van der Waals surface area contributed by atoms with Gasteiger partial charge in [0.1, 0.15) is 11.6 Å². The van der Waals surface area contributed by atoms with Crippen molar-refractivity contribution in [3.05, 3.63) is 17.1 Å². The molecule has 5 heteroatoms. The number of anilines is 1. The fourth-order valence-electron chi connectivity index (χ4n) is 3.36. The molecule has 0 N–H and O–H groups in total. The lowest BCUT2D eigenvalue weighted by atomic mass is 10.1. The molecule has 0 saturated carbocycles. The van der Waals surface area contributed by atoms with Crippen LogP contribution < -0.4 is 4.90 Å². The van der Waals surface area contributed by atoms with Crippen LogP contribution in [-0.2, 0) is 0 Å². The molecule has 2 aliphatic rings. The van der Waals surface area contributed by atoms with Gasteiger partial charge in [0.05, 0.1) is 0 Å². The Morgan fingerprint density at radius 3 is 2.50 bits per heavy atom. The highest BCUT2D eigenvalue weighted by Crippen LogP contribution is 2.24. The lowest BCUT2D eigenvalue weighted by Crippen LogP contribution is -2.61. The van der Waals surface area contributed by atoms with E-state index in [2.05, 4.69) is 40.6 Å². The first-order chi connectivity index (χ1) is 9.54. The van der Waals surface area contributed by atoms with E-state index in [0.717, 1.165) is 37.0 Å². The predicted octanol–water partition coefficient (Wildman–Crippen LogP) is 0.838. The minimum atomic E-state index is 0.637. The largest absolute Gasteiger partial charge is 0.353 e. The smallest absolute Gasteiger partial charge is 0.135 e. The third-order valence-electron chi connectivity index (χ3n) is 4.67. The Labute approximate surface area is 121 Å². The van der Waals surface area contributed by atoms with Gasteiger partial charge in [-0.2, -0.15) is 0 Å². The van der Waals surface area contributed by atoms with Crippen LogP contribution in [0.1, 0.15) is 17.1 Å². The van der Waals surface area contributed by atoms with Crippen LogP contribution in [0.2, 0.25) is 0 Å². The summed E-state index contributed by atoms with van der Waals surface area (Å²) >= 11 is 0. The van der Waals surface area contributed by atoms with E-state index in [1.807, 2.05) is 6.92 Å². The van der Waals surface area contributed by atoms with Gasteiger partial charge < -0.3 is 9.80 Å². The number of hydrogen-bond acceptors (Lipinski definition) is 5. The molecule has 3 rings (SSSR count). The molecule has 5 nitrogen and oxygen atoms in total. The Morgan fingerprint density at radius 2 is 1.70 bits per heavy atom. The summed E-state index contributed by atoms with van der Waals surface area (Å²) in [4.78, 5) is 16.7. The number of piperazine rings is 2. The van der Waals surface area contributed by atoms with Crippen molar-refractivity contribution >= 4 is 5.82 Å².